The second-order valence-electron chi connectivity index (χ2n) is 8.57. The van der Waals surface area contributed by atoms with Gasteiger partial charge in [0.25, 0.3) is 5.91 Å². The van der Waals surface area contributed by atoms with Crippen LogP contribution in [0.1, 0.15) is 31.1 Å². The van der Waals surface area contributed by atoms with Crippen LogP contribution in [0.25, 0.3) is 15.6 Å². The largest absolute Gasteiger partial charge is 0.345 e. The number of hydrogen-bond acceptors (Lipinski definition) is 8. The molecule has 0 unspecified atom stereocenters. The Balaban J connectivity index is 1.27. The van der Waals surface area contributed by atoms with Gasteiger partial charge in [0, 0.05) is 29.8 Å². The molecule has 0 bridgehead atoms. The first-order valence-electron chi connectivity index (χ1n) is 12.1. The number of thiocarbonyl (C=S) groups is 1. The Morgan fingerprint density at radius 3 is 2.54 bits per heavy atom. The van der Waals surface area contributed by atoms with Crippen LogP contribution in [0.5, 0.6) is 0 Å². The van der Waals surface area contributed by atoms with Gasteiger partial charge in [0.05, 0.1) is 10.4 Å². The van der Waals surface area contributed by atoms with Crippen LogP contribution in [-0.2, 0) is 4.79 Å². The minimum absolute atomic E-state index is 0.151. The first-order valence-corrected chi connectivity index (χ1v) is 14.1. The lowest BCUT2D eigenvalue weighted by molar-refractivity contribution is -0.115. The number of nitrogens with one attached hydrogen (secondary N) is 1. The summed E-state index contributed by atoms with van der Waals surface area (Å²) in [5.41, 5.74) is 3.55. The second-order valence-corrected chi connectivity index (χ2v) is 11.0. The number of carbonyl (C=O) groups is 1. The van der Waals surface area contributed by atoms with Crippen molar-refractivity contribution in [3.8, 4) is 0 Å². The van der Waals surface area contributed by atoms with Gasteiger partial charge in [-0.05, 0) is 67.2 Å². The first-order chi connectivity index (χ1) is 18.0. The maximum atomic E-state index is 12.4. The van der Waals surface area contributed by atoms with Crippen LogP contribution >= 0.6 is 34.9 Å². The van der Waals surface area contributed by atoms with Crippen LogP contribution in [-0.4, -0.2) is 34.5 Å². The average Bonchev–Trinajstić information content (AvgIpc) is 3.55. The van der Waals surface area contributed by atoms with Gasteiger partial charge in [-0.25, -0.2) is 4.98 Å². The quantitative estimate of drug-likeness (QED) is 0.100. The molecule has 7 nitrogen and oxygen atoms in total. The van der Waals surface area contributed by atoms with Crippen LogP contribution < -0.4 is 10.2 Å². The highest BCUT2D eigenvalue weighted by Gasteiger charge is 2.29. The summed E-state index contributed by atoms with van der Waals surface area (Å²) in [6.07, 6.45) is 5.11. The molecule has 0 spiro atoms. The molecule has 1 fully saturated rings. The van der Waals surface area contributed by atoms with E-state index < -0.39 is 0 Å². The van der Waals surface area contributed by atoms with Crippen LogP contribution in [0.4, 0.5) is 22.2 Å². The van der Waals surface area contributed by atoms with Gasteiger partial charge in [0.15, 0.2) is 5.11 Å². The highest BCUT2D eigenvalue weighted by Crippen LogP contribution is 2.36. The molecule has 10 heteroatoms. The predicted molar refractivity (Wildman–Crippen MR) is 158 cm³/mol. The third-order valence-electron chi connectivity index (χ3n) is 5.98. The number of unbranched alkanes of at least 4 members (excludes halogenated alkanes) is 2. The molecule has 5 rings (SSSR count). The third-order valence-corrected chi connectivity index (χ3v) is 8.30. The van der Waals surface area contributed by atoms with Gasteiger partial charge in [-0.15, -0.1) is 21.6 Å². The first kappa shape index (κ1) is 25.2. The Kier molecular flexibility index (Phi) is 7.68. The normalized spacial score (nSPS) is 14.9. The van der Waals surface area contributed by atoms with Gasteiger partial charge < -0.3 is 9.80 Å². The Hall–Kier alpha value is -3.47. The van der Waals surface area contributed by atoms with Gasteiger partial charge in [0.1, 0.15) is 10.5 Å². The van der Waals surface area contributed by atoms with Crippen molar-refractivity contribution in [2.75, 3.05) is 18.5 Å². The molecular weight excluding hydrogens is 521 g/mol. The van der Waals surface area contributed by atoms with Crippen molar-refractivity contribution in [2.45, 2.75) is 26.2 Å². The van der Waals surface area contributed by atoms with Crippen molar-refractivity contribution in [1.82, 2.24) is 15.2 Å². The summed E-state index contributed by atoms with van der Waals surface area (Å²) >= 11 is 8.37. The van der Waals surface area contributed by atoms with E-state index in [4.69, 9.17) is 12.2 Å². The number of aromatic nitrogens is 1. The van der Waals surface area contributed by atoms with E-state index in [1.807, 2.05) is 66.6 Å². The van der Waals surface area contributed by atoms with Crippen molar-refractivity contribution in [1.29, 1.82) is 0 Å². The Labute approximate surface area is 229 Å². The highest BCUT2D eigenvalue weighted by atomic mass is 32.1. The summed E-state index contributed by atoms with van der Waals surface area (Å²) < 4.78 is 1.02. The summed E-state index contributed by atoms with van der Waals surface area (Å²) in [5, 5.41) is 12.6. The number of para-hydroxylation sites is 1. The lowest BCUT2D eigenvalue weighted by Crippen LogP contribution is -2.28. The number of carbonyl (C=O) groups excluding carboxylic acids is 1. The van der Waals surface area contributed by atoms with Crippen molar-refractivity contribution < 1.29 is 4.79 Å². The number of thiophene rings is 1. The molecule has 188 valence electrons. The molecule has 1 N–H and O–H groups in total. The van der Waals surface area contributed by atoms with Crippen LogP contribution in [0.3, 0.4) is 0 Å². The molecule has 2 aromatic carbocycles. The van der Waals surface area contributed by atoms with E-state index in [1.165, 1.54) is 22.7 Å². The fourth-order valence-electron chi connectivity index (χ4n) is 3.98. The lowest BCUT2D eigenvalue weighted by Gasteiger charge is -2.19. The average molecular weight is 547 g/mol. The van der Waals surface area contributed by atoms with E-state index in [-0.39, 0.29) is 5.91 Å². The zero-order valence-electron chi connectivity index (χ0n) is 20.5. The maximum Gasteiger partial charge on any atom is 0.274 e. The number of anilines is 2. The SMILES string of the molecule is CCCCCN1C(=S)NC(=O)/C1=C\c1cc2sc(/N=N/c3ccc(N(C)c4ccccc4)cc3)nc2s1. The number of rotatable bonds is 9. The predicted octanol–water partition coefficient (Wildman–Crippen LogP) is 7.79. The van der Waals surface area contributed by atoms with Crippen LogP contribution in [0, 0.1) is 0 Å². The Bertz CT molecular complexity index is 1440. The molecule has 4 aromatic rings. The number of hydrogen-bond donors (Lipinski definition) is 1. The highest BCUT2D eigenvalue weighted by molar-refractivity contribution is 7.80. The fraction of sp³-hybridized carbons (Fsp3) is 0.222. The summed E-state index contributed by atoms with van der Waals surface area (Å²) in [7, 11) is 2.04. The van der Waals surface area contributed by atoms with Crippen LogP contribution in [0.2, 0.25) is 0 Å². The smallest absolute Gasteiger partial charge is 0.274 e. The van der Waals surface area contributed by atoms with E-state index in [2.05, 4.69) is 44.5 Å². The number of amides is 1. The Morgan fingerprint density at radius 2 is 1.81 bits per heavy atom. The summed E-state index contributed by atoms with van der Waals surface area (Å²) in [4.78, 5) is 22.9. The monoisotopic (exact) mass is 546 g/mol. The molecule has 1 saturated heterocycles. The van der Waals surface area contributed by atoms with Crippen LogP contribution in [0.15, 0.2) is 76.6 Å². The van der Waals surface area contributed by atoms with E-state index in [1.54, 1.807) is 0 Å². The molecular formula is C27H26N6OS3. The number of azo groups is 1. The fourth-order valence-corrected chi connectivity index (χ4v) is 6.24. The number of benzene rings is 2. The van der Waals surface area contributed by atoms with Gasteiger partial charge in [-0.1, -0.05) is 49.3 Å². The molecule has 37 heavy (non-hydrogen) atoms. The van der Waals surface area contributed by atoms with Crippen molar-refractivity contribution in [3.63, 3.8) is 0 Å². The number of thiazole rings is 1. The zero-order chi connectivity index (χ0) is 25.8. The third kappa shape index (κ3) is 5.76. The molecule has 2 aromatic heterocycles. The molecule has 0 saturated carbocycles. The Morgan fingerprint density at radius 1 is 1.05 bits per heavy atom. The second kappa shape index (κ2) is 11.3. The van der Waals surface area contributed by atoms with Crippen molar-refractivity contribution in [3.05, 3.63) is 71.2 Å². The zero-order valence-corrected chi connectivity index (χ0v) is 23.0. The van der Waals surface area contributed by atoms with Gasteiger partial charge in [0.2, 0.25) is 5.13 Å². The number of nitrogens with zero attached hydrogens (tertiary/aromatic N) is 5. The summed E-state index contributed by atoms with van der Waals surface area (Å²) in [6.45, 7) is 2.90. The molecule has 3 heterocycles. The maximum absolute atomic E-state index is 12.4. The van der Waals surface area contributed by atoms with Crippen molar-refractivity contribution in [2.24, 2.45) is 10.2 Å². The molecule has 1 aliphatic rings. The number of fused-ring (bicyclic) bond motifs is 1. The van der Waals surface area contributed by atoms with Gasteiger partial charge in [-0.3, -0.25) is 10.1 Å². The minimum Gasteiger partial charge on any atom is -0.345 e. The summed E-state index contributed by atoms with van der Waals surface area (Å²) in [5.74, 6) is -0.151. The van der Waals surface area contributed by atoms with Gasteiger partial charge in [-0.2, -0.15) is 0 Å². The molecule has 1 amide bonds. The summed E-state index contributed by atoms with van der Waals surface area (Å²) in [6, 6.07) is 20.2. The topological polar surface area (TPSA) is 73.2 Å². The van der Waals surface area contributed by atoms with E-state index >= 15 is 0 Å². The van der Waals surface area contributed by atoms with E-state index in [0.717, 1.165) is 57.3 Å². The van der Waals surface area contributed by atoms with Gasteiger partial charge >= 0.3 is 0 Å². The minimum atomic E-state index is -0.151. The lowest BCUT2D eigenvalue weighted by atomic mass is 10.2. The molecule has 0 aliphatic carbocycles. The van der Waals surface area contributed by atoms with E-state index in [9.17, 15) is 4.79 Å². The molecule has 0 radical (unpaired) electrons. The van der Waals surface area contributed by atoms with Crippen molar-refractivity contribution >= 4 is 83.7 Å². The molecule has 0 atom stereocenters. The van der Waals surface area contributed by atoms with E-state index in [0.29, 0.717) is 15.9 Å². The standard InChI is InChI=1S/C27H26N6OS3/c1-3-4-8-15-33-22(24(34)28-27(33)35)16-21-17-23-25(36-21)29-26(37-23)31-30-18-11-13-20(14-12-18)32(2)19-9-6-5-7-10-19/h5-7,9-14,16-17H,3-4,8,15H2,1-2H3,(H,28,34,35)/b22-16+,31-30+. The molecule has 1 aliphatic heterocycles.